The highest BCUT2D eigenvalue weighted by atomic mass is 19.1. The van der Waals surface area contributed by atoms with Crippen LogP contribution in [-0.2, 0) is 13.7 Å². The minimum Gasteiger partial charge on any atom is -0.490 e. The van der Waals surface area contributed by atoms with Gasteiger partial charge in [-0.1, -0.05) is 6.07 Å². The molecule has 0 fully saturated rings. The highest BCUT2D eigenvalue weighted by molar-refractivity contribution is 6.11. The van der Waals surface area contributed by atoms with Gasteiger partial charge in [-0.25, -0.2) is 4.39 Å². The van der Waals surface area contributed by atoms with Crippen molar-refractivity contribution < 1.29 is 19.3 Å². The molecule has 3 aromatic rings. The molecule has 0 saturated heterocycles. The van der Waals surface area contributed by atoms with E-state index in [9.17, 15) is 9.50 Å². The molecule has 0 atom stereocenters. The largest absolute Gasteiger partial charge is 0.490 e. The SMILES string of the molecule is Cn1c2ccc(F)cc2c2c(OCCO)c(CO)ccc21. The van der Waals surface area contributed by atoms with Crippen LogP contribution in [0.2, 0.25) is 0 Å². The molecule has 2 N–H and O–H groups in total. The highest BCUT2D eigenvalue weighted by Gasteiger charge is 2.16. The molecule has 0 bridgehead atoms. The molecule has 110 valence electrons. The van der Waals surface area contributed by atoms with Crippen molar-refractivity contribution in [2.75, 3.05) is 13.2 Å². The van der Waals surface area contributed by atoms with Crippen molar-refractivity contribution in [1.82, 2.24) is 4.57 Å². The maximum atomic E-state index is 13.6. The van der Waals surface area contributed by atoms with Gasteiger partial charge in [0.15, 0.2) is 0 Å². The smallest absolute Gasteiger partial charge is 0.134 e. The van der Waals surface area contributed by atoms with Gasteiger partial charge in [0.2, 0.25) is 0 Å². The first-order valence-corrected chi connectivity index (χ1v) is 6.71. The number of nitrogens with zero attached hydrogens (tertiary/aromatic N) is 1. The maximum Gasteiger partial charge on any atom is 0.134 e. The van der Waals surface area contributed by atoms with E-state index in [-0.39, 0.29) is 25.6 Å². The van der Waals surface area contributed by atoms with Crippen LogP contribution in [-0.4, -0.2) is 28.0 Å². The third-order valence-electron chi connectivity index (χ3n) is 3.68. The molecule has 0 aliphatic heterocycles. The lowest BCUT2D eigenvalue weighted by molar-refractivity contribution is 0.197. The van der Waals surface area contributed by atoms with Crippen LogP contribution < -0.4 is 4.74 Å². The number of aliphatic hydroxyl groups excluding tert-OH is 2. The van der Waals surface area contributed by atoms with Crippen molar-refractivity contribution in [1.29, 1.82) is 0 Å². The monoisotopic (exact) mass is 289 g/mol. The van der Waals surface area contributed by atoms with Gasteiger partial charge in [-0.15, -0.1) is 0 Å². The third kappa shape index (κ3) is 2.14. The number of rotatable bonds is 4. The Morgan fingerprint density at radius 3 is 2.62 bits per heavy atom. The van der Waals surface area contributed by atoms with Crippen LogP contribution in [0, 0.1) is 5.82 Å². The topological polar surface area (TPSA) is 54.6 Å². The molecule has 3 rings (SSSR count). The average Bonchev–Trinajstić information content (AvgIpc) is 2.77. The molecular formula is C16H16FNO3. The van der Waals surface area contributed by atoms with Crippen LogP contribution in [0.1, 0.15) is 5.56 Å². The summed E-state index contributed by atoms with van der Waals surface area (Å²) in [5.74, 6) is 0.178. The zero-order valence-corrected chi connectivity index (χ0v) is 11.6. The summed E-state index contributed by atoms with van der Waals surface area (Å²) in [5, 5.41) is 19.9. The summed E-state index contributed by atoms with van der Waals surface area (Å²) >= 11 is 0. The van der Waals surface area contributed by atoms with Gasteiger partial charge in [0.25, 0.3) is 0 Å². The molecule has 0 unspecified atom stereocenters. The van der Waals surface area contributed by atoms with Crippen molar-refractivity contribution in [2.45, 2.75) is 6.61 Å². The Hall–Kier alpha value is -2.11. The second kappa shape index (κ2) is 5.35. The van der Waals surface area contributed by atoms with Gasteiger partial charge in [-0.2, -0.15) is 0 Å². The molecule has 0 aliphatic carbocycles. The first-order valence-electron chi connectivity index (χ1n) is 6.71. The number of halogens is 1. The predicted molar refractivity (Wildman–Crippen MR) is 78.9 cm³/mol. The van der Waals surface area contributed by atoms with Crippen molar-refractivity contribution >= 4 is 21.8 Å². The number of aromatic nitrogens is 1. The van der Waals surface area contributed by atoms with Gasteiger partial charge < -0.3 is 19.5 Å². The van der Waals surface area contributed by atoms with Crippen molar-refractivity contribution in [3.8, 4) is 5.75 Å². The zero-order valence-electron chi connectivity index (χ0n) is 11.6. The fourth-order valence-electron chi connectivity index (χ4n) is 2.72. The average molecular weight is 289 g/mol. The van der Waals surface area contributed by atoms with Gasteiger partial charge in [0, 0.05) is 23.5 Å². The Bertz CT molecular complexity index is 810. The van der Waals surface area contributed by atoms with E-state index < -0.39 is 0 Å². The molecule has 1 heterocycles. The first kappa shape index (κ1) is 13.9. The van der Waals surface area contributed by atoms with E-state index >= 15 is 0 Å². The fraction of sp³-hybridized carbons (Fsp3) is 0.250. The minimum atomic E-state index is -0.322. The number of benzene rings is 2. The number of aryl methyl sites for hydroxylation is 1. The van der Waals surface area contributed by atoms with Crippen LogP contribution in [0.5, 0.6) is 5.75 Å². The van der Waals surface area contributed by atoms with Gasteiger partial charge >= 0.3 is 0 Å². The summed E-state index contributed by atoms with van der Waals surface area (Å²) in [5.41, 5.74) is 2.39. The Labute approximate surface area is 121 Å². The standard InChI is InChI=1S/C16H16FNO3/c1-18-13-5-3-11(17)8-12(13)15-14(18)4-2-10(9-20)16(15)21-7-6-19/h2-5,8,19-20H,6-7,9H2,1H3. The number of aliphatic hydroxyl groups is 2. The lowest BCUT2D eigenvalue weighted by atomic mass is 10.1. The van der Waals surface area contributed by atoms with Crippen molar-refractivity contribution in [2.24, 2.45) is 7.05 Å². The predicted octanol–water partition coefficient (Wildman–Crippen LogP) is 2.33. The summed E-state index contributed by atoms with van der Waals surface area (Å²) < 4.78 is 21.2. The van der Waals surface area contributed by atoms with E-state index in [0.717, 1.165) is 21.8 Å². The van der Waals surface area contributed by atoms with E-state index in [2.05, 4.69) is 0 Å². The second-order valence-corrected chi connectivity index (χ2v) is 4.90. The quantitative estimate of drug-likeness (QED) is 0.775. The number of hydrogen-bond acceptors (Lipinski definition) is 3. The Morgan fingerprint density at radius 2 is 1.90 bits per heavy atom. The molecule has 5 heteroatoms. The molecule has 1 aromatic heterocycles. The van der Waals surface area contributed by atoms with Gasteiger partial charge in [-0.3, -0.25) is 0 Å². The summed E-state index contributed by atoms with van der Waals surface area (Å²) in [6.07, 6.45) is 0. The van der Waals surface area contributed by atoms with Gasteiger partial charge in [0.05, 0.1) is 24.1 Å². The van der Waals surface area contributed by atoms with E-state index in [1.807, 2.05) is 17.7 Å². The number of ether oxygens (including phenoxy) is 1. The normalized spacial score (nSPS) is 11.4. The molecule has 0 saturated carbocycles. The number of hydrogen-bond donors (Lipinski definition) is 2. The summed E-state index contributed by atoms with van der Waals surface area (Å²) in [7, 11) is 1.90. The molecule has 0 radical (unpaired) electrons. The van der Waals surface area contributed by atoms with Crippen LogP contribution >= 0.6 is 0 Å². The highest BCUT2D eigenvalue weighted by Crippen LogP contribution is 2.37. The zero-order chi connectivity index (χ0) is 15.0. The summed E-state index contributed by atoms with van der Waals surface area (Å²) in [6, 6.07) is 8.26. The van der Waals surface area contributed by atoms with Crippen LogP contribution in [0.3, 0.4) is 0 Å². The molecule has 0 spiro atoms. The Morgan fingerprint density at radius 1 is 1.14 bits per heavy atom. The van der Waals surface area contributed by atoms with Crippen molar-refractivity contribution in [3.05, 3.63) is 41.7 Å². The summed E-state index contributed by atoms with van der Waals surface area (Å²) in [4.78, 5) is 0. The van der Waals surface area contributed by atoms with Gasteiger partial charge in [-0.05, 0) is 24.3 Å². The molecule has 21 heavy (non-hydrogen) atoms. The minimum absolute atomic E-state index is 0.123. The van der Waals surface area contributed by atoms with E-state index in [4.69, 9.17) is 9.84 Å². The Kier molecular flexibility index (Phi) is 3.53. The lowest BCUT2D eigenvalue weighted by Gasteiger charge is -2.11. The molecule has 4 nitrogen and oxygen atoms in total. The maximum absolute atomic E-state index is 13.6. The fourth-order valence-corrected chi connectivity index (χ4v) is 2.72. The van der Waals surface area contributed by atoms with Crippen LogP contribution in [0.25, 0.3) is 21.8 Å². The van der Waals surface area contributed by atoms with E-state index in [1.54, 1.807) is 12.1 Å². The first-order chi connectivity index (χ1) is 10.2. The van der Waals surface area contributed by atoms with E-state index in [0.29, 0.717) is 11.3 Å². The third-order valence-corrected chi connectivity index (χ3v) is 3.68. The molecule has 2 aromatic carbocycles. The number of fused-ring (bicyclic) bond motifs is 3. The van der Waals surface area contributed by atoms with Gasteiger partial charge in [0.1, 0.15) is 18.2 Å². The molecule has 0 amide bonds. The van der Waals surface area contributed by atoms with Crippen molar-refractivity contribution in [3.63, 3.8) is 0 Å². The Balaban J connectivity index is 2.41. The summed E-state index contributed by atoms with van der Waals surface area (Å²) in [6.45, 7) is -0.180. The lowest BCUT2D eigenvalue weighted by Crippen LogP contribution is -2.04. The molecular weight excluding hydrogens is 273 g/mol. The second-order valence-electron chi connectivity index (χ2n) is 4.90. The molecule has 0 aliphatic rings. The van der Waals surface area contributed by atoms with Crippen LogP contribution in [0.15, 0.2) is 30.3 Å². The van der Waals surface area contributed by atoms with E-state index in [1.165, 1.54) is 12.1 Å². The van der Waals surface area contributed by atoms with Crippen LogP contribution in [0.4, 0.5) is 4.39 Å².